The highest BCUT2D eigenvalue weighted by molar-refractivity contribution is 6.02. The summed E-state index contributed by atoms with van der Waals surface area (Å²) in [5.41, 5.74) is 4.07. The zero-order valence-electron chi connectivity index (χ0n) is 16.7. The molecule has 0 bridgehead atoms. The number of nitrogens with one attached hydrogen (secondary N) is 1. The first-order chi connectivity index (χ1) is 14.8. The van der Waals surface area contributed by atoms with E-state index in [1.807, 2.05) is 71.6 Å². The quantitative estimate of drug-likeness (QED) is 0.695. The van der Waals surface area contributed by atoms with Crippen molar-refractivity contribution >= 4 is 17.4 Å². The number of likely N-dealkylation sites (tertiary alicyclic amines) is 1. The van der Waals surface area contributed by atoms with Gasteiger partial charge in [-0.1, -0.05) is 66.7 Å². The summed E-state index contributed by atoms with van der Waals surface area (Å²) in [6.45, 7) is 1.48. The van der Waals surface area contributed by atoms with E-state index < -0.39 is 0 Å². The summed E-state index contributed by atoms with van der Waals surface area (Å²) >= 11 is 0. The molecule has 0 unspecified atom stereocenters. The molecule has 2 aliphatic heterocycles. The maximum absolute atomic E-state index is 13.2. The van der Waals surface area contributed by atoms with Gasteiger partial charge in [-0.25, -0.2) is 4.79 Å². The van der Waals surface area contributed by atoms with Gasteiger partial charge in [-0.15, -0.1) is 0 Å². The monoisotopic (exact) mass is 399 g/mol. The molecule has 0 spiro atoms. The van der Waals surface area contributed by atoms with Crippen LogP contribution in [-0.4, -0.2) is 41.3 Å². The molecule has 152 valence electrons. The van der Waals surface area contributed by atoms with Crippen LogP contribution in [0, 0.1) is 0 Å². The third-order valence-electron chi connectivity index (χ3n) is 6.30. The number of nitrogens with zero attached hydrogens (tertiary/aromatic N) is 2. The molecule has 2 N–H and O–H groups in total. The Balaban J connectivity index is 1.44. The van der Waals surface area contributed by atoms with Crippen LogP contribution in [0.5, 0.6) is 0 Å². The van der Waals surface area contributed by atoms with E-state index in [0.717, 1.165) is 23.5 Å². The molecular weight excluding hydrogens is 374 g/mol. The minimum absolute atomic E-state index is 0.0655. The SMILES string of the molecule is O=C(Nc1ccccc1)N1C[C@H]2[C@@H](c3ccccc31)[C@H](CO)N2Cc1ccccc1. The molecule has 0 aliphatic carbocycles. The van der Waals surface area contributed by atoms with Crippen LogP contribution in [0.3, 0.4) is 0 Å². The number of amides is 2. The van der Waals surface area contributed by atoms with Gasteiger partial charge in [-0.3, -0.25) is 9.80 Å². The Morgan fingerprint density at radius 2 is 1.60 bits per heavy atom. The summed E-state index contributed by atoms with van der Waals surface area (Å²) in [6.07, 6.45) is 0. The van der Waals surface area contributed by atoms with E-state index in [1.165, 1.54) is 5.56 Å². The molecule has 3 aromatic carbocycles. The Labute approximate surface area is 176 Å². The molecule has 0 saturated carbocycles. The van der Waals surface area contributed by atoms with Gasteiger partial charge in [0.1, 0.15) is 0 Å². The number of fused-ring (bicyclic) bond motifs is 3. The maximum Gasteiger partial charge on any atom is 0.326 e. The second-order valence-electron chi connectivity index (χ2n) is 7.97. The van der Waals surface area contributed by atoms with Crippen molar-refractivity contribution in [3.8, 4) is 0 Å². The van der Waals surface area contributed by atoms with Gasteiger partial charge >= 0.3 is 6.03 Å². The van der Waals surface area contributed by atoms with Gasteiger partial charge in [-0.05, 0) is 29.3 Å². The number of carbonyl (C=O) groups is 1. The number of carbonyl (C=O) groups excluding carboxylic acids is 1. The number of hydrogen-bond donors (Lipinski definition) is 2. The molecule has 3 aromatic rings. The van der Waals surface area contributed by atoms with Crippen molar-refractivity contribution in [3.63, 3.8) is 0 Å². The lowest BCUT2D eigenvalue weighted by atomic mass is 9.72. The van der Waals surface area contributed by atoms with E-state index in [2.05, 4.69) is 28.4 Å². The van der Waals surface area contributed by atoms with E-state index in [1.54, 1.807) is 0 Å². The largest absolute Gasteiger partial charge is 0.395 e. The lowest BCUT2D eigenvalue weighted by molar-refractivity contribution is -0.0484. The van der Waals surface area contributed by atoms with Crippen LogP contribution < -0.4 is 10.2 Å². The van der Waals surface area contributed by atoms with E-state index in [9.17, 15) is 9.90 Å². The Morgan fingerprint density at radius 3 is 2.33 bits per heavy atom. The molecule has 0 aromatic heterocycles. The number of benzene rings is 3. The normalized spacial score (nSPS) is 22.6. The smallest absolute Gasteiger partial charge is 0.326 e. The minimum atomic E-state index is -0.126. The highest BCUT2D eigenvalue weighted by Gasteiger charge is 2.53. The summed E-state index contributed by atoms with van der Waals surface area (Å²) in [5.74, 6) is 0.232. The van der Waals surface area contributed by atoms with Gasteiger partial charge in [-0.2, -0.15) is 0 Å². The Kier molecular flexibility index (Phi) is 4.99. The molecule has 30 heavy (non-hydrogen) atoms. The van der Waals surface area contributed by atoms with Crippen LogP contribution in [0.1, 0.15) is 17.0 Å². The highest BCUT2D eigenvalue weighted by atomic mass is 16.3. The van der Waals surface area contributed by atoms with Crippen LogP contribution >= 0.6 is 0 Å². The Hall–Kier alpha value is -3.15. The van der Waals surface area contributed by atoms with E-state index in [4.69, 9.17) is 0 Å². The lowest BCUT2D eigenvalue weighted by Gasteiger charge is -2.59. The van der Waals surface area contributed by atoms with Gasteiger partial charge in [0.15, 0.2) is 0 Å². The van der Waals surface area contributed by atoms with Gasteiger partial charge in [0.25, 0.3) is 0 Å². The summed E-state index contributed by atoms with van der Waals surface area (Å²) in [4.78, 5) is 17.3. The Bertz CT molecular complexity index is 1020. The molecule has 1 saturated heterocycles. The maximum atomic E-state index is 13.2. The van der Waals surface area contributed by atoms with Crippen molar-refractivity contribution in [1.29, 1.82) is 0 Å². The molecular formula is C25H25N3O2. The van der Waals surface area contributed by atoms with Gasteiger partial charge in [0.05, 0.1) is 6.61 Å². The number of rotatable bonds is 4. The van der Waals surface area contributed by atoms with Crippen LogP contribution in [-0.2, 0) is 6.54 Å². The molecule has 2 aliphatic rings. The highest BCUT2D eigenvalue weighted by Crippen LogP contribution is 2.48. The van der Waals surface area contributed by atoms with Gasteiger partial charge in [0, 0.05) is 42.5 Å². The number of aliphatic hydroxyl groups excluding tert-OH is 1. The number of aliphatic hydroxyl groups is 1. The van der Waals surface area contributed by atoms with Crippen molar-refractivity contribution in [2.45, 2.75) is 24.5 Å². The molecule has 5 heteroatoms. The lowest BCUT2D eigenvalue weighted by Crippen LogP contribution is -2.69. The summed E-state index contributed by atoms with van der Waals surface area (Å²) in [7, 11) is 0. The van der Waals surface area contributed by atoms with Crippen molar-refractivity contribution < 1.29 is 9.90 Å². The third kappa shape index (κ3) is 3.26. The van der Waals surface area contributed by atoms with Crippen LogP contribution in [0.4, 0.5) is 16.2 Å². The first-order valence-corrected chi connectivity index (χ1v) is 10.4. The molecule has 0 radical (unpaired) electrons. The van der Waals surface area contributed by atoms with E-state index >= 15 is 0 Å². The average molecular weight is 399 g/mol. The van der Waals surface area contributed by atoms with Crippen molar-refractivity contribution in [1.82, 2.24) is 4.90 Å². The fourth-order valence-corrected chi connectivity index (χ4v) is 4.90. The third-order valence-corrected chi connectivity index (χ3v) is 6.30. The zero-order chi connectivity index (χ0) is 20.5. The zero-order valence-corrected chi connectivity index (χ0v) is 16.7. The number of para-hydroxylation sites is 2. The minimum Gasteiger partial charge on any atom is -0.395 e. The van der Waals surface area contributed by atoms with E-state index in [-0.39, 0.29) is 30.6 Å². The fraction of sp³-hybridized carbons (Fsp3) is 0.240. The first kappa shape index (κ1) is 18.9. The standard InChI is InChI=1S/C25H25N3O2/c29-17-23-24-20-13-7-8-14-21(20)28(25(30)26-19-11-5-2-6-12-19)16-22(24)27(23)15-18-9-3-1-4-10-18/h1-14,22-24,29H,15-17H2,(H,26,30)/t22-,23-,24+/m0/s1. The summed E-state index contributed by atoms with van der Waals surface area (Å²) in [6, 6.07) is 28.1. The summed E-state index contributed by atoms with van der Waals surface area (Å²) in [5, 5.41) is 13.2. The van der Waals surface area contributed by atoms with E-state index in [0.29, 0.717) is 6.54 Å². The van der Waals surface area contributed by atoms with Crippen molar-refractivity contribution in [2.24, 2.45) is 0 Å². The Morgan fingerprint density at radius 1 is 0.933 bits per heavy atom. The van der Waals surface area contributed by atoms with Crippen LogP contribution in [0.15, 0.2) is 84.9 Å². The number of urea groups is 1. The molecule has 2 amide bonds. The van der Waals surface area contributed by atoms with Crippen LogP contribution in [0.25, 0.3) is 0 Å². The van der Waals surface area contributed by atoms with Crippen molar-refractivity contribution in [2.75, 3.05) is 23.4 Å². The average Bonchev–Trinajstić information content (AvgIpc) is 2.79. The van der Waals surface area contributed by atoms with Crippen molar-refractivity contribution in [3.05, 3.63) is 96.1 Å². The molecule has 5 rings (SSSR count). The number of anilines is 2. The van der Waals surface area contributed by atoms with Gasteiger partial charge in [0.2, 0.25) is 0 Å². The summed E-state index contributed by atoms with van der Waals surface area (Å²) < 4.78 is 0. The number of hydrogen-bond acceptors (Lipinski definition) is 3. The van der Waals surface area contributed by atoms with Gasteiger partial charge < -0.3 is 10.4 Å². The second kappa shape index (κ2) is 7.94. The molecule has 5 nitrogen and oxygen atoms in total. The topological polar surface area (TPSA) is 55.8 Å². The first-order valence-electron chi connectivity index (χ1n) is 10.4. The molecule has 2 heterocycles. The second-order valence-corrected chi connectivity index (χ2v) is 7.97. The predicted octanol–water partition coefficient (Wildman–Crippen LogP) is 4.07. The predicted molar refractivity (Wildman–Crippen MR) is 119 cm³/mol. The molecule has 1 fully saturated rings. The van der Waals surface area contributed by atoms with Crippen LogP contribution in [0.2, 0.25) is 0 Å². The molecule has 3 atom stereocenters. The fourth-order valence-electron chi connectivity index (χ4n) is 4.90.